The monoisotopic (exact) mass is 265 g/mol. The summed E-state index contributed by atoms with van der Waals surface area (Å²) in [6.07, 6.45) is 0.591. The lowest BCUT2D eigenvalue weighted by Crippen LogP contribution is -2.34. The number of nitriles is 1. The van der Waals surface area contributed by atoms with Crippen LogP contribution < -0.4 is 5.32 Å². The fourth-order valence-corrected chi connectivity index (χ4v) is 1.52. The molecular weight excluding hydrogens is 253 g/mol. The van der Waals surface area contributed by atoms with Gasteiger partial charge in [-0.15, -0.1) is 0 Å². The van der Waals surface area contributed by atoms with Crippen molar-refractivity contribution in [1.29, 1.82) is 5.26 Å². The lowest BCUT2D eigenvalue weighted by Gasteiger charge is -2.13. The van der Waals surface area contributed by atoms with Crippen molar-refractivity contribution >= 4 is 11.6 Å². The Morgan fingerprint density at radius 2 is 2.32 bits per heavy atom. The standard InChI is InChI=1S/C12H12FN3O3/c1-2-9(5-6-14)15-12(17)10-7-8(13)3-4-11(10)16(18)19/h3-4,7,9H,2,5H2,1H3,(H,15,17). The summed E-state index contributed by atoms with van der Waals surface area (Å²) in [6, 6.07) is 4.16. The van der Waals surface area contributed by atoms with Gasteiger partial charge in [0.1, 0.15) is 11.4 Å². The lowest BCUT2D eigenvalue weighted by atomic mass is 10.1. The molecule has 1 rings (SSSR count). The van der Waals surface area contributed by atoms with Gasteiger partial charge in [0, 0.05) is 12.1 Å². The first-order valence-corrected chi connectivity index (χ1v) is 5.61. The van der Waals surface area contributed by atoms with Gasteiger partial charge >= 0.3 is 0 Å². The van der Waals surface area contributed by atoms with E-state index in [2.05, 4.69) is 5.32 Å². The van der Waals surface area contributed by atoms with Crippen molar-refractivity contribution in [3.05, 3.63) is 39.7 Å². The van der Waals surface area contributed by atoms with E-state index in [-0.39, 0.29) is 12.0 Å². The van der Waals surface area contributed by atoms with E-state index >= 15 is 0 Å². The molecule has 1 amide bonds. The number of carbonyl (C=O) groups excluding carboxylic acids is 1. The molecule has 0 bridgehead atoms. The molecule has 1 N–H and O–H groups in total. The predicted octanol–water partition coefficient (Wildman–Crippen LogP) is 2.16. The van der Waals surface area contributed by atoms with E-state index in [1.54, 1.807) is 6.92 Å². The van der Waals surface area contributed by atoms with Gasteiger partial charge in [0.15, 0.2) is 0 Å². The number of benzene rings is 1. The van der Waals surface area contributed by atoms with Crippen molar-refractivity contribution < 1.29 is 14.1 Å². The van der Waals surface area contributed by atoms with Crippen molar-refractivity contribution in [3.63, 3.8) is 0 Å². The zero-order valence-electron chi connectivity index (χ0n) is 10.2. The van der Waals surface area contributed by atoms with Gasteiger partial charge in [-0.3, -0.25) is 14.9 Å². The Labute approximate surface area is 109 Å². The molecule has 100 valence electrons. The van der Waals surface area contributed by atoms with Gasteiger partial charge in [-0.05, 0) is 18.6 Å². The number of nitro benzene ring substituents is 1. The largest absolute Gasteiger partial charge is 0.348 e. The van der Waals surface area contributed by atoms with E-state index in [0.717, 1.165) is 18.2 Å². The van der Waals surface area contributed by atoms with Crippen molar-refractivity contribution in [2.45, 2.75) is 25.8 Å². The number of carbonyl (C=O) groups is 1. The van der Waals surface area contributed by atoms with E-state index in [0.29, 0.717) is 6.42 Å². The Morgan fingerprint density at radius 1 is 1.63 bits per heavy atom. The summed E-state index contributed by atoms with van der Waals surface area (Å²) in [7, 11) is 0. The Morgan fingerprint density at radius 3 is 2.84 bits per heavy atom. The van der Waals surface area contributed by atoms with Gasteiger partial charge in [0.25, 0.3) is 11.6 Å². The number of halogens is 1. The molecule has 0 saturated carbocycles. The molecule has 7 heteroatoms. The van der Waals surface area contributed by atoms with Crippen molar-refractivity contribution in [2.75, 3.05) is 0 Å². The zero-order valence-corrected chi connectivity index (χ0v) is 10.2. The van der Waals surface area contributed by atoms with Crippen LogP contribution in [0.2, 0.25) is 0 Å². The maximum Gasteiger partial charge on any atom is 0.282 e. The molecule has 0 aliphatic carbocycles. The van der Waals surface area contributed by atoms with Gasteiger partial charge in [-0.2, -0.15) is 5.26 Å². The third kappa shape index (κ3) is 3.74. The zero-order chi connectivity index (χ0) is 14.4. The molecule has 0 aromatic heterocycles. The summed E-state index contributed by atoms with van der Waals surface area (Å²) in [5.74, 6) is -1.49. The lowest BCUT2D eigenvalue weighted by molar-refractivity contribution is -0.385. The van der Waals surface area contributed by atoms with Crippen LogP contribution in [0.25, 0.3) is 0 Å². The molecule has 0 fully saturated rings. The first kappa shape index (κ1) is 14.6. The molecule has 0 aliphatic rings. The highest BCUT2D eigenvalue weighted by Gasteiger charge is 2.22. The van der Waals surface area contributed by atoms with Crippen LogP contribution in [0.1, 0.15) is 30.1 Å². The molecule has 1 aromatic carbocycles. The highest BCUT2D eigenvalue weighted by Crippen LogP contribution is 2.19. The van der Waals surface area contributed by atoms with Crippen molar-refractivity contribution in [3.8, 4) is 6.07 Å². The molecule has 1 unspecified atom stereocenters. The number of hydrogen-bond donors (Lipinski definition) is 1. The maximum absolute atomic E-state index is 13.1. The molecule has 6 nitrogen and oxygen atoms in total. The first-order chi connectivity index (χ1) is 8.99. The molecular formula is C12H12FN3O3. The number of nitrogens with one attached hydrogen (secondary N) is 1. The number of nitro groups is 1. The van der Waals surface area contributed by atoms with Gasteiger partial charge < -0.3 is 5.32 Å². The molecule has 19 heavy (non-hydrogen) atoms. The van der Waals surface area contributed by atoms with E-state index in [9.17, 15) is 19.3 Å². The van der Waals surface area contributed by atoms with E-state index in [1.165, 1.54) is 0 Å². The highest BCUT2D eigenvalue weighted by molar-refractivity contribution is 5.98. The average molecular weight is 265 g/mol. The maximum atomic E-state index is 13.1. The minimum absolute atomic E-state index is 0.0886. The topological polar surface area (TPSA) is 96.0 Å². The third-order valence-electron chi connectivity index (χ3n) is 2.57. The summed E-state index contributed by atoms with van der Waals surface area (Å²) < 4.78 is 13.1. The number of nitrogens with zero attached hydrogens (tertiary/aromatic N) is 2. The molecule has 0 aliphatic heterocycles. The summed E-state index contributed by atoms with van der Waals surface area (Å²) in [5.41, 5.74) is -0.813. The second kappa shape index (κ2) is 6.44. The summed E-state index contributed by atoms with van der Waals surface area (Å²) in [6.45, 7) is 1.77. The Balaban J connectivity index is 3.02. The predicted molar refractivity (Wildman–Crippen MR) is 64.8 cm³/mol. The van der Waals surface area contributed by atoms with Gasteiger partial charge in [-0.1, -0.05) is 6.92 Å². The molecule has 0 heterocycles. The first-order valence-electron chi connectivity index (χ1n) is 5.61. The van der Waals surface area contributed by atoms with Crippen LogP contribution in [0, 0.1) is 27.3 Å². The van der Waals surface area contributed by atoms with Crippen LogP contribution in [0.15, 0.2) is 18.2 Å². The summed E-state index contributed by atoms with van der Waals surface area (Å²) in [5, 5.41) is 21.8. The normalized spacial score (nSPS) is 11.4. The Hall–Kier alpha value is -2.49. The number of hydrogen-bond acceptors (Lipinski definition) is 4. The van der Waals surface area contributed by atoms with E-state index in [4.69, 9.17) is 5.26 Å². The van der Waals surface area contributed by atoms with Crippen LogP contribution in [-0.4, -0.2) is 16.9 Å². The second-order valence-corrected chi connectivity index (χ2v) is 3.86. The van der Waals surface area contributed by atoms with Gasteiger partial charge in [0.2, 0.25) is 0 Å². The highest BCUT2D eigenvalue weighted by atomic mass is 19.1. The van der Waals surface area contributed by atoms with Crippen LogP contribution >= 0.6 is 0 Å². The van der Waals surface area contributed by atoms with Gasteiger partial charge in [0.05, 0.1) is 17.4 Å². The smallest absolute Gasteiger partial charge is 0.282 e. The van der Waals surface area contributed by atoms with Crippen LogP contribution in [0.5, 0.6) is 0 Å². The molecule has 0 radical (unpaired) electrons. The van der Waals surface area contributed by atoms with Crippen LogP contribution in [0.4, 0.5) is 10.1 Å². The fraction of sp³-hybridized carbons (Fsp3) is 0.333. The van der Waals surface area contributed by atoms with Gasteiger partial charge in [-0.25, -0.2) is 4.39 Å². The second-order valence-electron chi connectivity index (χ2n) is 3.86. The number of amides is 1. The SMILES string of the molecule is CCC(CC#N)NC(=O)c1cc(F)ccc1[N+](=O)[O-]. The van der Waals surface area contributed by atoms with Crippen molar-refractivity contribution in [2.24, 2.45) is 0 Å². The minimum atomic E-state index is -0.756. The molecule has 1 atom stereocenters. The summed E-state index contributed by atoms with van der Waals surface area (Å²) >= 11 is 0. The fourth-order valence-electron chi connectivity index (χ4n) is 1.52. The summed E-state index contributed by atoms with van der Waals surface area (Å²) in [4.78, 5) is 21.9. The third-order valence-corrected chi connectivity index (χ3v) is 2.57. The van der Waals surface area contributed by atoms with Crippen molar-refractivity contribution in [1.82, 2.24) is 5.32 Å². The van der Waals surface area contributed by atoms with Crippen LogP contribution in [-0.2, 0) is 0 Å². The molecule has 0 saturated heterocycles. The average Bonchev–Trinajstić information content (AvgIpc) is 2.37. The number of rotatable bonds is 5. The van der Waals surface area contributed by atoms with E-state index in [1.807, 2.05) is 6.07 Å². The van der Waals surface area contributed by atoms with Crippen LogP contribution in [0.3, 0.4) is 0 Å². The minimum Gasteiger partial charge on any atom is -0.348 e. The van der Waals surface area contributed by atoms with E-state index < -0.39 is 28.4 Å². The molecule has 1 aromatic rings. The Kier molecular flexibility index (Phi) is 4.94. The Bertz CT molecular complexity index is 540. The molecule has 0 spiro atoms. The quantitative estimate of drug-likeness (QED) is 0.651.